The molecule has 0 aliphatic heterocycles. The van der Waals surface area contributed by atoms with Crippen molar-refractivity contribution in [2.75, 3.05) is 0 Å². The predicted molar refractivity (Wildman–Crippen MR) is 76.3 cm³/mol. The lowest BCUT2D eigenvalue weighted by atomic mass is 10.2. The minimum atomic E-state index is -1.47. The summed E-state index contributed by atoms with van der Waals surface area (Å²) in [5.41, 5.74) is -0.129. The molecule has 2 rings (SSSR count). The smallest absolute Gasteiger partial charge is 0.374 e. The van der Waals surface area contributed by atoms with Crippen LogP contribution in [0.3, 0.4) is 0 Å². The van der Waals surface area contributed by atoms with E-state index in [0.717, 1.165) is 3.57 Å². The van der Waals surface area contributed by atoms with Crippen LogP contribution >= 0.6 is 38.5 Å². The molecule has 2 aromatic rings. The van der Waals surface area contributed by atoms with E-state index >= 15 is 0 Å². The number of hydrogen-bond donors (Lipinski definition) is 2. The van der Waals surface area contributed by atoms with Gasteiger partial charge in [0.25, 0.3) is 0 Å². The van der Waals surface area contributed by atoms with Crippen LogP contribution in [-0.2, 0) is 0 Å². The van der Waals surface area contributed by atoms with E-state index in [1.165, 1.54) is 0 Å². The van der Waals surface area contributed by atoms with Crippen LogP contribution in [0, 0.1) is 3.57 Å². The molecule has 0 aliphatic rings. The fourth-order valence-corrected chi connectivity index (χ4v) is 2.29. The van der Waals surface area contributed by atoms with Crippen LogP contribution in [0.15, 0.2) is 27.1 Å². The van der Waals surface area contributed by atoms with Gasteiger partial charge in [-0.3, -0.25) is 0 Å². The van der Waals surface area contributed by atoms with E-state index in [-0.39, 0.29) is 5.89 Å². The fraction of sp³-hybridized carbons (Fsp3) is 0. The predicted octanol–water partition coefficient (Wildman–Crippen LogP) is 3.11. The number of benzene rings is 1. The van der Waals surface area contributed by atoms with E-state index in [1.54, 1.807) is 12.1 Å². The maximum Gasteiger partial charge on any atom is 0.374 e. The first-order chi connectivity index (χ1) is 8.90. The molecule has 0 fully saturated rings. The zero-order valence-electron chi connectivity index (χ0n) is 9.05. The molecular formula is C11H5BrINO5. The zero-order valence-corrected chi connectivity index (χ0v) is 12.8. The standard InChI is InChI=1S/C11H5BrINO5/c12-6-2-1-4(13)3-5(6)9-14-7(10(15)16)8(19-9)11(17)18/h1-3H,(H,15,16)(H,17,18). The molecule has 1 heterocycles. The summed E-state index contributed by atoms with van der Waals surface area (Å²) in [5.74, 6) is -3.67. The Morgan fingerprint density at radius 3 is 2.47 bits per heavy atom. The minimum absolute atomic E-state index is 0.0554. The number of aromatic carboxylic acids is 2. The first-order valence-corrected chi connectivity index (χ1v) is 6.70. The molecule has 6 nitrogen and oxygen atoms in total. The van der Waals surface area contributed by atoms with E-state index in [4.69, 9.17) is 14.6 Å². The third-order valence-corrected chi connectivity index (χ3v) is 3.55. The Bertz CT molecular complexity index is 650. The molecule has 0 spiro atoms. The van der Waals surface area contributed by atoms with E-state index in [9.17, 15) is 9.59 Å². The Kier molecular flexibility index (Phi) is 3.90. The van der Waals surface area contributed by atoms with Crippen molar-refractivity contribution in [3.63, 3.8) is 0 Å². The Labute approximate surface area is 128 Å². The monoisotopic (exact) mass is 437 g/mol. The second-order valence-electron chi connectivity index (χ2n) is 3.43. The first-order valence-electron chi connectivity index (χ1n) is 4.83. The number of nitrogens with zero attached hydrogens (tertiary/aromatic N) is 1. The van der Waals surface area contributed by atoms with Gasteiger partial charge in [0.05, 0.1) is 5.56 Å². The lowest BCUT2D eigenvalue weighted by Gasteiger charge is -1.99. The van der Waals surface area contributed by atoms with Crippen molar-refractivity contribution in [3.8, 4) is 11.5 Å². The second kappa shape index (κ2) is 5.29. The zero-order chi connectivity index (χ0) is 14.2. The van der Waals surface area contributed by atoms with Crippen molar-refractivity contribution in [2.45, 2.75) is 0 Å². The molecule has 0 atom stereocenters. The quantitative estimate of drug-likeness (QED) is 0.715. The number of carboxylic acid groups (broad SMARTS) is 2. The third-order valence-electron chi connectivity index (χ3n) is 2.18. The highest BCUT2D eigenvalue weighted by Gasteiger charge is 2.26. The van der Waals surface area contributed by atoms with Crippen molar-refractivity contribution < 1.29 is 24.2 Å². The van der Waals surface area contributed by atoms with E-state index < -0.39 is 23.4 Å². The Morgan fingerprint density at radius 2 is 1.95 bits per heavy atom. The largest absolute Gasteiger partial charge is 0.476 e. The number of aromatic nitrogens is 1. The van der Waals surface area contributed by atoms with Gasteiger partial charge in [-0.25, -0.2) is 14.6 Å². The molecule has 0 saturated carbocycles. The topological polar surface area (TPSA) is 101 Å². The first kappa shape index (κ1) is 14.0. The van der Waals surface area contributed by atoms with Gasteiger partial charge < -0.3 is 14.6 Å². The van der Waals surface area contributed by atoms with Gasteiger partial charge in [0.15, 0.2) is 0 Å². The van der Waals surface area contributed by atoms with E-state index in [0.29, 0.717) is 10.0 Å². The summed E-state index contributed by atoms with van der Waals surface area (Å²) in [6.45, 7) is 0. The lowest BCUT2D eigenvalue weighted by Crippen LogP contribution is -2.05. The summed E-state index contributed by atoms with van der Waals surface area (Å²) in [6.07, 6.45) is 0. The van der Waals surface area contributed by atoms with Gasteiger partial charge in [-0.2, -0.15) is 0 Å². The molecule has 8 heteroatoms. The van der Waals surface area contributed by atoms with E-state index in [1.807, 2.05) is 6.07 Å². The van der Waals surface area contributed by atoms with Crippen LogP contribution in [0.2, 0.25) is 0 Å². The van der Waals surface area contributed by atoms with Crippen LogP contribution < -0.4 is 0 Å². The Hall–Kier alpha value is -1.42. The SMILES string of the molecule is O=C(O)c1nc(-c2cc(I)ccc2Br)oc1C(=O)O. The molecular weight excluding hydrogens is 433 g/mol. The molecule has 0 radical (unpaired) electrons. The Balaban J connectivity index is 2.64. The highest BCUT2D eigenvalue weighted by molar-refractivity contribution is 14.1. The van der Waals surface area contributed by atoms with Gasteiger partial charge in [0.2, 0.25) is 17.3 Å². The third kappa shape index (κ3) is 2.78. The summed E-state index contributed by atoms with van der Waals surface area (Å²) in [7, 11) is 0. The number of oxazole rings is 1. The molecule has 0 bridgehead atoms. The van der Waals surface area contributed by atoms with Crippen LogP contribution in [0.4, 0.5) is 0 Å². The van der Waals surface area contributed by atoms with Crippen molar-refractivity contribution in [1.82, 2.24) is 4.98 Å². The Morgan fingerprint density at radius 1 is 1.26 bits per heavy atom. The van der Waals surface area contributed by atoms with E-state index in [2.05, 4.69) is 43.5 Å². The number of halogens is 2. The van der Waals surface area contributed by atoms with Gasteiger partial charge >= 0.3 is 11.9 Å². The molecule has 0 aliphatic carbocycles. The summed E-state index contributed by atoms with van der Waals surface area (Å²) >= 11 is 5.35. The van der Waals surface area contributed by atoms with Crippen LogP contribution in [0.1, 0.15) is 21.0 Å². The van der Waals surface area contributed by atoms with Crippen LogP contribution in [-0.4, -0.2) is 27.1 Å². The normalized spacial score (nSPS) is 10.4. The molecule has 0 unspecified atom stereocenters. The number of carbonyl (C=O) groups is 2. The fourth-order valence-electron chi connectivity index (χ4n) is 1.39. The molecule has 0 saturated heterocycles. The summed E-state index contributed by atoms with van der Waals surface area (Å²) in [4.78, 5) is 25.6. The summed E-state index contributed by atoms with van der Waals surface area (Å²) < 4.78 is 6.54. The van der Waals surface area contributed by atoms with Gasteiger partial charge in [-0.15, -0.1) is 0 Å². The average molecular weight is 438 g/mol. The van der Waals surface area contributed by atoms with Crippen molar-refractivity contribution >= 4 is 50.5 Å². The highest BCUT2D eigenvalue weighted by atomic mass is 127. The lowest BCUT2D eigenvalue weighted by molar-refractivity contribution is 0.0624. The van der Waals surface area contributed by atoms with Crippen LogP contribution in [0.5, 0.6) is 0 Å². The van der Waals surface area contributed by atoms with Gasteiger partial charge in [0, 0.05) is 8.04 Å². The minimum Gasteiger partial charge on any atom is -0.476 e. The molecule has 2 N–H and O–H groups in total. The number of hydrogen-bond acceptors (Lipinski definition) is 4. The number of carboxylic acids is 2. The van der Waals surface area contributed by atoms with Crippen molar-refractivity contribution in [3.05, 3.63) is 37.7 Å². The molecule has 0 amide bonds. The van der Waals surface area contributed by atoms with Crippen molar-refractivity contribution in [2.24, 2.45) is 0 Å². The number of rotatable bonds is 3. The summed E-state index contributed by atoms with van der Waals surface area (Å²) in [6, 6.07) is 5.27. The van der Waals surface area contributed by atoms with Crippen LogP contribution in [0.25, 0.3) is 11.5 Å². The molecule has 1 aromatic carbocycles. The average Bonchev–Trinajstić information content (AvgIpc) is 2.77. The van der Waals surface area contributed by atoms with Crippen molar-refractivity contribution in [1.29, 1.82) is 0 Å². The summed E-state index contributed by atoms with van der Waals surface area (Å²) in [5, 5.41) is 17.8. The maximum atomic E-state index is 10.9. The molecule has 19 heavy (non-hydrogen) atoms. The highest BCUT2D eigenvalue weighted by Crippen LogP contribution is 2.30. The molecule has 98 valence electrons. The maximum absolute atomic E-state index is 10.9. The van der Waals surface area contributed by atoms with Gasteiger partial charge in [-0.1, -0.05) is 0 Å². The van der Waals surface area contributed by atoms with Gasteiger partial charge in [-0.05, 0) is 56.7 Å². The van der Waals surface area contributed by atoms with Gasteiger partial charge in [0.1, 0.15) is 0 Å². The molecule has 1 aromatic heterocycles. The second-order valence-corrected chi connectivity index (χ2v) is 5.53.